The average Bonchev–Trinajstić information content (AvgIpc) is 2.40. The van der Waals surface area contributed by atoms with E-state index in [1.54, 1.807) is 6.92 Å². The summed E-state index contributed by atoms with van der Waals surface area (Å²) < 4.78 is 5.32. The van der Waals surface area contributed by atoms with Crippen LogP contribution in [0.4, 0.5) is 5.69 Å². The highest BCUT2D eigenvalue weighted by atomic mass is 35.5. The molecule has 0 saturated carbocycles. The fourth-order valence-electron chi connectivity index (χ4n) is 1.58. The van der Waals surface area contributed by atoms with E-state index in [1.165, 1.54) is 30.3 Å². The van der Waals surface area contributed by atoms with Gasteiger partial charge in [-0.15, -0.1) is 0 Å². The molecule has 0 radical (unpaired) electrons. The standard InChI is InChI=1S/C13H9ClN2O5/c1-7-2-5-11(16(19)20)12(15-7)21-8-3-4-10(14)9(6-8)13(17)18/h2-6H,1H3,(H,17,18). The topological polar surface area (TPSA) is 103 Å². The highest BCUT2D eigenvalue weighted by molar-refractivity contribution is 6.33. The molecule has 1 aromatic heterocycles. The van der Waals surface area contributed by atoms with Crippen molar-refractivity contribution in [1.29, 1.82) is 0 Å². The van der Waals surface area contributed by atoms with E-state index in [9.17, 15) is 14.9 Å². The Labute approximate surface area is 123 Å². The quantitative estimate of drug-likeness (QED) is 0.685. The molecule has 0 unspecified atom stereocenters. The summed E-state index contributed by atoms with van der Waals surface area (Å²) >= 11 is 5.74. The SMILES string of the molecule is Cc1ccc([N+](=O)[O-])c(Oc2ccc(Cl)c(C(=O)O)c2)n1. The van der Waals surface area contributed by atoms with Gasteiger partial charge in [-0.1, -0.05) is 11.6 Å². The lowest BCUT2D eigenvalue weighted by molar-refractivity contribution is -0.386. The molecule has 2 aromatic rings. The number of benzene rings is 1. The Morgan fingerprint density at radius 1 is 1.38 bits per heavy atom. The normalized spacial score (nSPS) is 10.2. The van der Waals surface area contributed by atoms with Gasteiger partial charge >= 0.3 is 11.7 Å². The molecule has 0 aliphatic heterocycles. The van der Waals surface area contributed by atoms with Gasteiger partial charge in [-0.25, -0.2) is 9.78 Å². The Morgan fingerprint density at radius 3 is 2.71 bits per heavy atom. The third kappa shape index (κ3) is 3.26. The third-order valence-corrected chi connectivity index (χ3v) is 2.89. The monoisotopic (exact) mass is 308 g/mol. The minimum atomic E-state index is -1.22. The molecule has 8 heteroatoms. The number of carboxylic acids is 1. The van der Waals surface area contributed by atoms with Crippen LogP contribution in [0.5, 0.6) is 11.6 Å². The van der Waals surface area contributed by atoms with Gasteiger partial charge < -0.3 is 9.84 Å². The molecule has 7 nitrogen and oxygen atoms in total. The minimum absolute atomic E-state index is 0.0431. The first kappa shape index (κ1) is 14.7. The van der Waals surface area contributed by atoms with Crippen LogP contribution in [-0.2, 0) is 0 Å². The fourth-order valence-corrected chi connectivity index (χ4v) is 1.78. The smallest absolute Gasteiger partial charge is 0.337 e. The number of pyridine rings is 1. The second-order valence-electron chi connectivity index (χ2n) is 4.08. The van der Waals surface area contributed by atoms with Crippen LogP contribution in [0.2, 0.25) is 5.02 Å². The predicted molar refractivity (Wildman–Crippen MR) is 74.1 cm³/mol. The number of hydrogen-bond acceptors (Lipinski definition) is 5. The van der Waals surface area contributed by atoms with Crippen molar-refractivity contribution in [3.05, 3.63) is 56.7 Å². The van der Waals surface area contributed by atoms with Crippen molar-refractivity contribution in [2.45, 2.75) is 6.92 Å². The van der Waals surface area contributed by atoms with E-state index in [4.69, 9.17) is 21.4 Å². The number of hydrogen-bond donors (Lipinski definition) is 1. The first-order chi connectivity index (χ1) is 9.88. The Bertz CT molecular complexity index is 732. The van der Waals surface area contributed by atoms with E-state index in [1.807, 2.05) is 0 Å². The van der Waals surface area contributed by atoms with Gasteiger partial charge in [0.25, 0.3) is 5.88 Å². The molecule has 0 fully saturated rings. The summed E-state index contributed by atoms with van der Waals surface area (Å²) in [6, 6.07) is 6.67. The summed E-state index contributed by atoms with van der Waals surface area (Å²) in [7, 11) is 0. The first-order valence-electron chi connectivity index (χ1n) is 5.71. The maximum Gasteiger partial charge on any atom is 0.337 e. The van der Waals surface area contributed by atoms with Crippen LogP contribution in [0.1, 0.15) is 16.1 Å². The average molecular weight is 309 g/mol. The van der Waals surface area contributed by atoms with Gasteiger partial charge in [0.05, 0.1) is 15.5 Å². The first-order valence-corrected chi connectivity index (χ1v) is 6.09. The molecule has 21 heavy (non-hydrogen) atoms. The molecule has 1 aromatic carbocycles. The predicted octanol–water partition coefficient (Wildman–Crippen LogP) is 3.44. The second kappa shape index (κ2) is 5.76. The number of aromatic carboxylic acids is 1. The van der Waals surface area contributed by atoms with Crippen LogP contribution in [0.3, 0.4) is 0 Å². The van der Waals surface area contributed by atoms with Crippen LogP contribution >= 0.6 is 11.6 Å². The van der Waals surface area contributed by atoms with Gasteiger partial charge in [0.1, 0.15) is 5.75 Å². The van der Waals surface area contributed by atoms with Crippen molar-refractivity contribution in [3.8, 4) is 11.6 Å². The molecular formula is C13H9ClN2O5. The van der Waals surface area contributed by atoms with Gasteiger partial charge in [-0.05, 0) is 31.2 Å². The number of aryl methyl sites for hydroxylation is 1. The largest absolute Gasteiger partial charge is 0.478 e. The fraction of sp³-hybridized carbons (Fsp3) is 0.0769. The summed E-state index contributed by atoms with van der Waals surface area (Å²) in [5.41, 5.74) is 0.0555. The van der Waals surface area contributed by atoms with E-state index in [0.717, 1.165) is 0 Å². The summed E-state index contributed by atoms with van der Waals surface area (Å²) in [6.07, 6.45) is 0. The number of aromatic nitrogens is 1. The maximum absolute atomic E-state index is 11.0. The van der Waals surface area contributed by atoms with E-state index >= 15 is 0 Å². The van der Waals surface area contributed by atoms with E-state index < -0.39 is 10.9 Å². The van der Waals surface area contributed by atoms with E-state index in [-0.39, 0.29) is 27.9 Å². The molecule has 0 atom stereocenters. The van der Waals surface area contributed by atoms with Crippen LogP contribution in [0.25, 0.3) is 0 Å². The number of rotatable bonds is 4. The molecule has 0 aliphatic rings. The van der Waals surface area contributed by atoms with Crippen molar-refractivity contribution in [3.63, 3.8) is 0 Å². The Hall–Kier alpha value is -2.67. The number of halogens is 1. The molecule has 1 heterocycles. The van der Waals surface area contributed by atoms with Gasteiger partial charge in [-0.3, -0.25) is 10.1 Å². The molecule has 2 rings (SSSR count). The molecule has 0 aliphatic carbocycles. The summed E-state index contributed by atoms with van der Waals surface area (Å²) in [4.78, 5) is 25.2. The van der Waals surface area contributed by atoms with Crippen molar-refractivity contribution in [2.24, 2.45) is 0 Å². The molecule has 0 saturated heterocycles. The van der Waals surface area contributed by atoms with Gasteiger partial charge in [0.2, 0.25) is 0 Å². The highest BCUT2D eigenvalue weighted by Gasteiger charge is 2.19. The van der Waals surface area contributed by atoms with E-state index in [0.29, 0.717) is 5.69 Å². The molecule has 0 bridgehead atoms. The van der Waals surface area contributed by atoms with Crippen molar-refractivity contribution in [2.75, 3.05) is 0 Å². The second-order valence-corrected chi connectivity index (χ2v) is 4.49. The summed E-state index contributed by atoms with van der Waals surface area (Å²) in [5.74, 6) is -1.34. The number of ether oxygens (including phenoxy) is 1. The van der Waals surface area contributed by atoms with E-state index in [2.05, 4.69) is 4.98 Å². The lowest BCUT2D eigenvalue weighted by Gasteiger charge is -2.07. The van der Waals surface area contributed by atoms with Crippen molar-refractivity contribution < 1.29 is 19.6 Å². The Kier molecular flexibility index (Phi) is 4.04. The van der Waals surface area contributed by atoms with Gasteiger partial charge in [0, 0.05) is 11.8 Å². The molecular weight excluding hydrogens is 300 g/mol. The zero-order valence-electron chi connectivity index (χ0n) is 10.7. The van der Waals surface area contributed by atoms with Crippen LogP contribution in [-0.4, -0.2) is 21.0 Å². The number of carboxylic acid groups (broad SMARTS) is 1. The lowest BCUT2D eigenvalue weighted by Crippen LogP contribution is -2.00. The Morgan fingerprint density at radius 2 is 2.10 bits per heavy atom. The van der Waals surface area contributed by atoms with Gasteiger partial charge in [-0.2, -0.15) is 0 Å². The maximum atomic E-state index is 11.0. The minimum Gasteiger partial charge on any atom is -0.478 e. The zero-order chi connectivity index (χ0) is 15.6. The number of nitro groups is 1. The van der Waals surface area contributed by atoms with Crippen LogP contribution < -0.4 is 4.74 Å². The summed E-state index contributed by atoms with van der Waals surface area (Å²) in [6.45, 7) is 1.65. The zero-order valence-corrected chi connectivity index (χ0v) is 11.5. The molecule has 0 spiro atoms. The van der Waals surface area contributed by atoms with Gasteiger partial charge in [0.15, 0.2) is 0 Å². The third-order valence-electron chi connectivity index (χ3n) is 2.56. The van der Waals surface area contributed by atoms with Crippen LogP contribution in [0.15, 0.2) is 30.3 Å². The van der Waals surface area contributed by atoms with Crippen molar-refractivity contribution >= 4 is 23.3 Å². The lowest BCUT2D eigenvalue weighted by atomic mass is 10.2. The highest BCUT2D eigenvalue weighted by Crippen LogP contribution is 2.31. The molecule has 0 amide bonds. The van der Waals surface area contributed by atoms with Crippen LogP contribution in [0, 0.1) is 17.0 Å². The number of carbonyl (C=O) groups is 1. The number of nitrogens with zero attached hydrogens (tertiary/aromatic N) is 2. The Balaban J connectivity index is 2.43. The van der Waals surface area contributed by atoms with Crippen molar-refractivity contribution in [1.82, 2.24) is 4.98 Å². The molecule has 1 N–H and O–H groups in total. The molecule has 108 valence electrons. The summed E-state index contributed by atoms with van der Waals surface area (Å²) in [5, 5.41) is 19.9.